The van der Waals surface area contributed by atoms with Crippen molar-refractivity contribution >= 4 is 19.0 Å². The lowest BCUT2D eigenvalue weighted by atomic mass is 10.2. The second-order valence-electron chi connectivity index (χ2n) is 5.24. The van der Waals surface area contributed by atoms with Gasteiger partial charge in [-0.15, -0.1) is 0 Å². The number of anilines is 2. The Hall–Kier alpha value is -2.13. The van der Waals surface area contributed by atoms with E-state index in [0.29, 0.717) is 12.4 Å². The highest BCUT2D eigenvalue weighted by molar-refractivity contribution is 7.63. The van der Waals surface area contributed by atoms with Crippen LogP contribution in [0.15, 0.2) is 42.5 Å². The molecule has 0 radical (unpaired) electrons. The summed E-state index contributed by atoms with van der Waals surface area (Å²) in [5.74, 6) is 1.31. The van der Waals surface area contributed by atoms with E-state index < -0.39 is 7.67 Å². The summed E-state index contributed by atoms with van der Waals surface area (Å²) in [4.78, 5) is 0. The first kappa shape index (κ1) is 14.8. The first-order chi connectivity index (χ1) is 10.6. The molecule has 2 N–H and O–H groups in total. The molecule has 0 bridgehead atoms. The van der Waals surface area contributed by atoms with E-state index in [4.69, 9.17) is 9.26 Å². The Morgan fingerprint density at radius 3 is 2.41 bits per heavy atom. The number of aryl methyl sites for hydroxylation is 1. The quantitative estimate of drug-likeness (QED) is 0.775. The summed E-state index contributed by atoms with van der Waals surface area (Å²) in [6, 6.07) is 13.0. The monoisotopic (exact) mass is 318 g/mol. The minimum Gasteiger partial charge on any atom is -0.494 e. The zero-order valence-electron chi connectivity index (χ0n) is 12.6. The van der Waals surface area contributed by atoms with Gasteiger partial charge < -0.3 is 9.26 Å². The predicted molar refractivity (Wildman–Crippen MR) is 88.9 cm³/mol. The van der Waals surface area contributed by atoms with Crippen LogP contribution < -0.4 is 19.4 Å². The molecule has 0 amide bonds. The molecule has 3 rings (SSSR count). The number of hydrogen-bond donors (Lipinski definition) is 2. The van der Waals surface area contributed by atoms with Crippen LogP contribution in [0.4, 0.5) is 11.4 Å². The molecule has 1 unspecified atom stereocenters. The molecule has 2 aromatic rings. The lowest BCUT2D eigenvalue weighted by molar-refractivity contribution is 0.317. The van der Waals surface area contributed by atoms with Gasteiger partial charge in [-0.25, -0.2) is 4.57 Å². The molecular weight excluding hydrogens is 299 g/mol. The highest BCUT2D eigenvalue weighted by Gasteiger charge is 2.33. The minimum absolute atomic E-state index is 0.559. The van der Waals surface area contributed by atoms with E-state index in [1.807, 2.05) is 37.3 Å². The van der Waals surface area contributed by atoms with Gasteiger partial charge in [-0.1, -0.05) is 24.6 Å². The summed E-state index contributed by atoms with van der Waals surface area (Å²) >= 11 is 0. The highest BCUT2D eigenvalue weighted by Crippen LogP contribution is 2.55. The molecule has 0 aliphatic carbocycles. The summed E-state index contributed by atoms with van der Waals surface area (Å²) in [7, 11) is -3.19. The van der Waals surface area contributed by atoms with Crippen molar-refractivity contribution < 1.29 is 13.8 Å². The third-order valence-electron chi connectivity index (χ3n) is 3.25. The minimum atomic E-state index is -3.19. The number of ether oxygens (including phenoxy) is 1. The molecule has 1 aliphatic rings. The summed E-state index contributed by atoms with van der Waals surface area (Å²) in [5, 5.41) is 5.86. The van der Waals surface area contributed by atoms with E-state index in [-0.39, 0.29) is 0 Å². The van der Waals surface area contributed by atoms with Gasteiger partial charge >= 0.3 is 7.67 Å². The molecule has 0 saturated carbocycles. The van der Waals surface area contributed by atoms with E-state index >= 15 is 0 Å². The van der Waals surface area contributed by atoms with E-state index in [1.165, 1.54) is 0 Å². The largest absolute Gasteiger partial charge is 0.494 e. The molecule has 0 aromatic heterocycles. The van der Waals surface area contributed by atoms with Crippen LogP contribution in [0.2, 0.25) is 0 Å². The van der Waals surface area contributed by atoms with Crippen molar-refractivity contribution in [1.29, 1.82) is 0 Å². The first-order valence-electron chi connectivity index (χ1n) is 7.28. The van der Waals surface area contributed by atoms with Crippen molar-refractivity contribution in [2.24, 2.45) is 0 Å². The second-order valence-corrected chi connectivity index (χ2v) is 6.97. The van der Waals surface area contributed by atoms with Crippen molar-refractivity contribution in [3.8, 4) is 11.5 Å². The zero-order chi connectivity index (χ0) is 15.6. The molecule has 5 nitrogen and oxygen atoms in total. The van der Waals surface area contributed by atoms with Crippen molar-refractivity contribution in [2.45, 2.75) is 20.3 Å². The second kappa shape index (κ2) is 5.93. The molecule has 22 heavy (non-hydrogen) atoms. The SMILES string of the molecule is CCCOc1ccc2c(c1)NP(=O)(Oc1ccc(C)cc1)N2. The summed E-state index contributed by atoms with van der Waals surface area (Å²) in [6.45, 7) is 4.70. The first-order valence-corrected chi connectivity index (χ1v) is 8.90. The molecule has 1 atom stereocenters. The standard InChI is InChI=1S/C16H19N2O3P/c1-3-10-20-14-8-9-15-16(11-14)18-22(19,17-15)21-13-6-4-12(2)5-7-13/h4-9,11H,3,10H2,1-2H3,(H2,17,18,19). The van der Waals surface area contributed by atoms with Gasteiger partial charge in [0.05, 0.1) is 18.0 Å². The van der Waals surface area contributed by atoms with Crippen LogP contribution in [-0.2, 0) is 4.57 Å². The van der Waals surface area contributed by atoms with Gasteiger partial charge in [0.25, 0.3) is 0 Å². The summed E-state index contributed by atoms with van der Waals surface area (Å²) < 4.78 is 24.0. The van der Waals surface area contributed by atoms with Gasteiger partial charge in [0.15, 0.2) is 0 Å². The molecular formula is C16H19N2O3P. The lowest BCUT2D eigenvalue weighted by Crippen LogP contribution is -2.03. The smallest absolute Gasteiger partial charge is 0.444 e. The number of nitrogens with one attached hydrogen (secondary N) is 2. The van der Waals surface area contributed by atoms with Gasteiger partial charge in [0.2, 0.25) is 0 Å². The predicted octanol–water partition coefficient (Wildman–Crippen LogP) is 4.81. The maximum atomic E-state index is 12.8. The van der Waals surface area contributed by atoms with Gasteiger partial charge in [0, 0.05) is 6.07 Å². The normalized spacial score (nSPS) is 19.0. The molecule has 6 heteroatoms. The van der Waals surface area contributed by atoms with Crippen LogP contribution in [0.1, 0.15) is 18.9 Å². The number of fused-ring (bicyclic) bond motifs is 1. The Bertz CT molecular complexity index is 716. The van der Waals surface area contributed by atoms with Gasteiger partial charge in [-0.05, 0) is 37.6 Å². The third-order valence-corrected chi connectivity index (χ3v) is 4.79. The van der Waals surface area contributed by atoms with Crippen LogP contribution in [0.25, 0.3) is 0 Å². The van der Waals surface area contributed by atoms with E-state index in [0.717, 1.165) is 29.1 Å². The van der Waals surface area contributed by atoms with E-state index in [1.54, 1.807) is 12.1 Å². The maximum Gasteiger partial charge on any atom is 0.444 e. The fourth-order valence-corrected chi connectivity index (χ4v) is 3.74. The van der Waals surface area contributed by atoms with Crippen molar-refractivity contribution in [3.05, 3.63) is 48.0 Å². The molecule has 0 saturated heterocycles. The molecule has 1 heterocycles. The van der Waals surface area contributed by atoms with Gasteiger partial charge in [-0.2, -0.15) is 0 Å². The molecule has 0 fully saturated rings. The Labute approximate surface area is 130 Å². The molecule has 116 valence electrons. The Morgan fingerprint density at radius 1 is 1.00 bits per heavy atom. The van der Waals surface area contributed by atoms with Crippen molar-refractivity contribution in [2.75, 3.05) is 16.8 Å². The molecule has 2 aromatic carbocycles. The lowest BCUT2D eigenvalue weighted by Gasteiger charge is -2.14. The van der Waals surface area contributed by atoms with Crippen LogP contribution in [0, 0.1) is 6.92 Å². The summed E-state index contributed by atoms with van der Waals surface area (Å²) in [6.07, 6.45) is 0.942. The summed E-state index contributed by atoms with van der Waals surface area (Å²) in [5.41, 5.74) is 2.60. The van der Waals surface area contributed by atoms with E-state index in [2.05, 4.69) is 17.1 Å². The molecule has 0 spiro atoms. The highest BCUT2D eigenvalue weighted by atomic mass is 31.2. The van der Waals surface area contributed by atoms with E-state index in [9.17, 15) is 4.57 Å². The van der Waals surface area contributed by atoms with Gasteiger partial charge in [0.1, 0.15) is 11.5 Å². The fraction of sp³-hybridized carbons (Fsp3) is 0.250. The van der Waals surface area contributed by atoms with Crippen LogP contribution in [0.3, 0.4) is 0 Å². The average Bonchev–Trinajstić information content (AvgIpc) is 2.82. The van der Waals surface area contributed by atoms with Crippen molar-refractivity contribution in [3.63, 3.8) is 0 Å². The molecule has 1 aliphatic heterocycles. The van der Waals surface area contributed by atoms with Gasteiger partial charge in [-0.3, -0.25) is 10.2 Å². The Morgan fingerprint density at radius 2 is 1.68 bits per heavy atom. The Kier molecular flexibility index (Phi) is 3.99. The van der Waals surface area contributed by atoms with Crippen LogP contribution >= 0.6 is 7.67 Å². The number of benzene rings is 2. The zero-order valence-corrected chi connectivity index (χ0v) is 13.5. The third kappa shape index (κ3) is 3.20. The fourth-order valence-electron chi connectivity index (χ4n) is 2.16. The Balaban J connectivity index is 1.74. The topological polar surface area (TPSA) is 59.6 Å². The number of hydrogen-bond acceptors (Lipinski definition) is 3. The van der Waals surface area contributed by atoms with Crippen molar-refractivity contribution in [1.82, 2.24) is 0 Å². The average molecular weight is 318 g/mol. The van der Waals surface area contributed by atoms with Crippen LogP contribution in [-0.4, -0.2) is 6.61 Å². The maximum absolute atomic E-state index is 12.8. The number of rotatable bonds is 5. The van der Waals surface area contributed by atoms with Crippen LogP contribution in [0.5, 0.6) is 11.5 Å².